The van der Waals surface area contributed by atoms with E-state index >= 15 is 0 Å². The molecular weight excluding hydrogens is 347 g/mol. The second kappa shape index (κ2) is 5.49. The molecular formula is C13H12BrFN2O2S. The molecule has 7 heteroatoms. The van der Waals surface area contributed by atoms with Crippen LogP contribution in [-0.2, 0) is 10.0 Å². The topological polar surface area (TPSA) is 59.1 Å². The second-order valence-electron chi connectivity index (χ2n) is 4.33. The molecule has 0 radical (unpaired) electrons. The molecule has 2 aromatic rings. The van der Waals surface area contributed by atoms with Crippen LogP contribution in [-0.4, -0.2) is 13.4 Å². The van der Waals surface area contributed by atoms with E-state index in [0.717, 1.165) is 0 Å². The number of pyridine rings is 1. The van der Waals surface area contributed by atoms with Crippen LogP contribution in [0.3, 0.4) is 0 Å². The third-order valence-corrected chi connectivity index (χ3v) is 4.81. The molecule has 0 amide bonds. The molecule has 1 aromatic carbocycles. The fourth-order valence-electron chi connectivity index (χ4n) is 1.97. The van der Waals surface area contributed by atoms with Crippen molar-refractivity contribution < 1.29 is 12.8 Å². The molecule has 106 valence electrons. The molecule has 20 heavy (non-hydrogen) atoms. The zero-order chi connectivity index (χ0) is 14.9. The lowest BCUT2D eigenvalue weighted by molar-refractivity contribution is 0.597. The van der Waals surface area contributed by atoms with Gasteiger partial charge in [-0.2, -0.15) is 0 Å². The van der Waals surface area contributed by atoms with Crippen LogP contribution in [0.4, 0.5) is 10.2 Å². The number of rotatable bonds is 3. The number of benzene rings is 1. The molecule has 0 fully saturated rings. The molecule has 0 spiro atoms. The Morgan fingerprint density at radius 2 is 1.80 bits per heavy atom. The first kappa shape index (κ1) is 14.9. The Labute approximate surface area is 125 Å². The summed E-state index contributed by atoms with van der Waals surface area (Å²) in [5, 5.41) is 0. The summed E-state index contributed by atoms with van der Waals surface area (Å²) < 4.78 is 41.1. The molecule has 0 aliphatic heterocycles. The van der Waals surface area contributed by atoms with E-state index in [1.165, 1.54) is 18.3 Å². The predicted molar refractivity (Wildman–Crippen MR) is 78.6 cm³/mol. The van der Waals surface area contributed by atoms with Crippen molar-refractivity contribution in [1.82, 2.24) is 4.98 Å². The van der Waals surface area contributed by atoms with Gasteiger partial charge < -0.3 is 0 Å². The van der Waals surface area contributed by atoms with Gasteiger partial charge in [0, 0.05) is 10.7 Å². The van der Waals surface area contributed by atoms with Crippen molar-refractivity contribution in [3.8, 4) is 0 Å². The largest absolute Gasteiger partial charge is 0.263 e. The van der Waals surface area contributed by atoms with Gasteiger partial charge in [0.15, 0.2) is 0 Å². The Kier molecular flexibility index (Phi) is 4.10. The smallest absolute Gasteiger partial charge is 0.263 e. The number of aryl methyl sites for hydroxylation is 2. The minimum Gasteiger partial charge on any atom is -0.263 e. The average molecular weight is 359 g/mol. The number of halogens is 2. The molecule has 0 atom stereocenters. The van der Waals surface area contributed by atoms with Crippen LogP contribution in [0.25, 0.3) is 0 Å². The number of anilines is 1. The van der Waals surface area contributed by atoms with Crippen LogP contribution in [0.2, 0.25) is 0 Å². The van der Waals surface area contributed by atoms with E-state index in [0.29, 0.717) is 15.6 Å². The van der Waals surface area contributed by atoms with Gasteiger partial charge in [0.1, 0.15) is 11.6 Å². The zero-order valence-corrected chi connectivity index (χ0v) is 13.2. The van der Waals surface area contributed by atoms with Gasteiger partial charge in [-0.3, -0.25) is 4.72 Å². The van der Waals surface area contributed by atoms with Crippen molar-refractivity contribution in [3.63, 3.8) is 0 Å². The average Bonchev–Trinajstić information content (AvgIpc) is 2.25. The molecule has 0 aliphatic carbocycles. The SMILES string of the molecule is Cc1cc(F)cc(C)c1S(=O)(=O)Nc1cc(Br)ccn1. The van der Waals surface area contributed by atoms with E-state index in [2.05, 4.69) is 25.6 Å². The molecule has 4 nitrogen and oxygen atoms in total. The highest BCUT2D eigenvalue weighted by Gasteiger charge is 2.21. The second-order valence-corrected chi connectivity index (χ2v) is 6.87. The summed E-state index contributed by atoms with van der Waals surface area (Å²) >= 11 is 3.24. The molecule has 1 aromatic heterocycles. The lowest BCUT2D eigenvalue weighted by Gasteiger charge is -2.12. The first-order valence-electron chi connectivity index (χ1n) is 5.71. The quantitative estimate of drug-likeness (QED) is 0.914. The normalized spacial score (nSPS) is 11.4. The van der Waals surface area contributed by atoms with E-state index in [4.69, 9.17) is 0 Å². The molecule has 2 rings (SSSR count). The number of nitrogens with zero attached hydrogens (tertiary/aromatic N) is 1. The van der Waals surface area contributed by atoms with Crippen LogP contribution < -0.4 is 4.72 Å². The number of sulfonamides is 1. The molecule has 1 heterocycles. The Morgan fingerprint density at radius 3 is 2.35 bits per heavy atom. The summed E-state index contributed by atoms with van der Waals surface area (Å²) in [6, 6.07) is 5.61. The van der Waals surface area contributed by atoms with Crippen molar-refractivity contribution in [1.29, 1.82) is 0 Å². The molecule has 0 saturated carbocycles. The minimum atomic E-state index is -3.81. The Hall–Kier alpha value is -1.47. The predicted octanol–water partition coefficient (Wildman–Crippen LogP) is 3.40. The molecule has 0 aliphatic rings. The van der Waals surface area contributed by atoms with E-state index in [1.54, 1.807) is 26.0 Å². The van der Waals surface area contributed by atoms with Crippen molar-refractivity contribution in [2.75, 3.05) is 4.72 Å². The third kappa shape index (κ3) is 3.16. The molecule has 1 N–H and O–H groups in total. The Morgan fingerprint density at radius 1 is 1.20 bits per heavy atom. The number of aromatic nitrogens is 1. The maximum atomic E-state index is 13.2. The third-order valence-electron chi connectivity index (χ3n) is 2.65. The Bertz CT molecular complexity index is 740. The number of hydrogen-bond donors (Lipinski definition) is 1. The van der Waals surface area contributed by atoms with Gasteiger partial charge in [0.05, 0.1) is 4.90 Å². The maximum absolute atomic E-state index is 13.2. The van der Waals surface area contributed by atoms with Crippen LogP contribution in [0.5, 0.6) is 0 Å². The lowest BCUT2D eigenvalue weighted by atomic mass is 10.1. The van der Waals surface area contributed by atoms with E-state index < -0.39 is 15.8 Å². The van der Waals surface area contributed by atoms with Crippen LogP contribution in [0.15, 0.2) is 39.8 Å². The standard InChI is InChI=1S/C13H12BrFN2O2S/c1-8-5-11(15)6-9(2)13(8)20(18,19)17-12-7-10(14)3-4-16-12/h3-7H,1-2H3,(H,16,17). The van der Waals surface area contributed by atoms with Gasteiger partial charge in [0.25, 0.3) is 10.0 Å². The lowest BCUT2D eigenvalue weighted by Crippen LogP contribution is -2.16. The van der Waals surface area contributed by atoms with Gasteiger partial charge in [0.2, 0.25) is 0 Å². The summed E-state index contributed by atoms with van der Waals surface area (Å²) in [4.78, 5) is 4.00. The van der Waals surface area contributed by atoms with Gasteiger partial charge in [-0.1, -0.05) is 15.9 Å². The van der Waals surface area contributed by atoms with Gasteiger partial charge in [-0.05, 0) is 49.2 Å². The van der Waals surface area contributed by atoms with Crippen molar-refractivity contribution in [2.24, 2.45) is 0 Å². The fraction of sp³-hybridized carbons (Fsp3) is 0.154. The molecule has 0 saturated heterocycles. The minimum absolute atomic E-state index is 0.0701. The van der Waals surface area contributed by atoms with Crippen LogP contribution >= 0.6 is 15.9 Å². The highest BCUT2D eigenvalue weighted by molar-refractivity contribution is 9.10. The van der Waals surface area contributed by atoms with Gasteiger partial charge >= 0.3 is 0 Å². The van der Waals surface area contributed by atoms with E-state index in [9.17, 15) is 12.8 Å². The first-order chi connectivity index (χ1) is 9.29. The maximum Gasteiger partial charge on any atom is 0.263 e. The molecule has 0 bridgehead atoms. The zero-order valence-electron chi connectivity index (χ0n) is 10.8. The Balaban J connectivity index is 2.46. The summed E-state index contributed by atoms with van der Waals surface area (Å²) in [6.07, 6.45) is 1.48. The monoisotopic (exact) mass is 358 g/mol. The number of hydrogen-bond acceptors (Lipinski definition) is 3. The highest BCUT2D eigenvalue weighted by atomic mass is 79.9. The van der Waals surface area contributed by atoms with Crippen LogP contribution in [0, 0.1) is 19.7 Å². The number of nitrogens with one attached hydrogen (secondary N) is 1. The fourth-order valence-corrected chi connectivity index (χ4v) is 3.76. The van der Waals surface area contributed by atoms with Crippen molar-refractivity contribution >= 4 is 31.8 Å². The van der Waals surface area contributed by atoms with Crippen molar-refractivity contribution in [3.05, 3.63) is 51.9 Å². The van der Waals surface area contributed by atoms with E-state index in [1.807, 2.05) is 0 Å². The summed E-state index contributed by atoms with van der Waals surface area (Å²) in [7, 11) is -3.81. The van der Waals surface area contributed by atoms with Gasteiger partial charge in [-0.25, -0.2) is 17.8 Å². The van der Waals surface area contributed by atoms with E-state index in [-0.39, 0.29) is 10.7 Å². The first-order valence-corrected chi connectivity index (χ1v) is 7.98. The highest BCUT2D eigenvalue weighted by Crippen LogP contribution is 2.24. The summed E-state index contributed by atoms with van der Waals surface area (Å²) in [5.74, 6) is -0.262. The summed E-state index contributed by atoms with van der Waals surface area (Å²) in [5.41, 5.74) is 0.704. The molecule has 0 unspecified atom stereocenters. The van der Waals surface area contributed by atoms with Gasteiger partial charge in [-0.15, -0.1) is 0 Å². The van der Waals surface area contributed by atoms with Crippen LogP contribution in [0.1, 0.15) is 11.1 Å². The summed E-state index contributed by atoms with van der Waals surface area (Å²) in [6.45, 7) is 3.11. The van der Waals surface area contributed by atoms with Crippen molar-refractivity contribution in [2.45, 2.75) is 18.7 Å².